The summed E-state index contributed by atoms with van der Waals surface area (Å²) in [5, 5.41) is 9.83. The van der Waals surface area contributed by atoms with Crippen LogP contribution < -0.4 is 5.32 Å². The Morgan fingerprint density at radius 3 is 2.90 bits per heavy atom. The van der Waals surface area contributed by atoms with Crippen LogP contribution in [0.25, 0.3) is 0 Å². The Hall–Kier alpha value is -1.14. The third-order valence-electron chi connectivity index (χ3n) is 2.94. The molecule has 0 fully saturated rings. The van der Waals surface area contributed by atoms with Gasteiger partial charge in [-0.15, -0.1) is 11.3 Å². The monoisotopic (exact) mass is 355 g/mol. The minimum Gasteiger partial charge on any atom is -0.309 e. The maximum absolute atomic E-state index is 11.8. The highest BCUT2D eigenvalue weighted by Crippen LogP contribution is 2.23. The van der Waals surface area contributed by atoms with Crippen molar-refractivity contribution in [1.82, 2.24) is 10.2 Å². The average Bonchev–Trinajstić information content (AvgIpc) is 2.99. The summed E-state index contributed by atoms with van der Waals surface area (Å²) in [6.45, 7) is 4.16. The summed E-state index contributed by atoms with van der Waals surface area (Å²) in [4.78, 5) is 13.1. The standard InChI is InChI=1S/C14H18BrN3OS/c1-9(2)11-8-13(18-17-11)16-14(19)5-3-4-10-6-7-12(15)20-10/h6-9H,3-5H2,1-2H3,(H2,16,17,18,19). The van der Waals surface area contributed by atoms with E-state index in [1.165, 1.54) is 4.88 Å². The first-order valence-corrected chi connectivity index (χ1v) is 8.25. The molecule has 0 aliphatic heterocycles. The predicted molar refractivity (Wildman–Crippen MR) is 86.3 cm³/mol. The topological polar surface area (TPSA) is 57.8 Å². The number of amides is 1. The van der Waals surface area contributed by atoms with Crippen LogP contribution in [-0.4, -0.2) is 16.1 Å². The molecule has 0 spiro atoms. The van der Waals surface area contributed by atoms with Crippen LogP contribution in [0.1, 0.15) is 43.2 Å². The molecule has 0 aromatic carbocycles. The van der Waals surface area contributed by atoms with E-state index >= 15 is 0 Å². The number of H-pyrrole nitrogens is 1. The summed E-state index contributed by atoms with van der Waals surface area (Å²) in [5.74, 6) is 1.01. The molecule has 20 heavy (non-hydrogen) atoms. The van der Waals surface area contributed by atoms with E-state index < -0.39 is 0 Å². The molecular weight excluding hydrogens is 338 g/mol. The molecule has 0 aliphatic carbocycles. The first-order valence-electron chi connectivity index (χ1n) is 6.64. The van der Waals surface area contributed by atoms with Gasteiger partial charge in [-0.25, -0.2) is 0 Å². The number of thiophene rings is 1. The van der Waals surface area contributed by atoms with Crippen LogP contribution in [0.15, 0.2) is 22.0 Å². The highest BCUT2D eigenvalue weighted by Gasteiger charge is 2.08. The summed E-state index contributed by atoms with van der Waals surface area (Å²) in [7, 11) is 0. The SMILES string of the molecule is CC(C)c1cc(NC(=O)CCCc2ccc(Br)s2)n[nH]1. The maximum atomic E-state index is 11.8. The summed E-state index contributed by atoms with van der Waals surface area (Å²) in [6, 6.07) is 6.02. The lowest BCUT2D eigenvalue weighted by molar-refractivity contribution is -0.116. The fourth-order valence-electron chi connectivity index (χ4n) is 1.81. The van der Waals surface area contributed by atoms with Gasteiger partial charge in [0.25, 0.3) is 0 Å². The second kappa shape index (κ2) is 7.04. The Balaban J connectivity index is 1.74. The number of hydrogen-bond acceptors (Lipinski definition) is 3. The molecule has 2 aromatic rings. The molecule has 2 heterocycles. The largest absolute Gasteiger partial charge is 0.309 e. The number of halogens is 1. The molecular formula is C14H18BrN3OS. The van der Waals surface area contributed by atoms with E-state index in [1.807, 2.05) is 12.1 Å². The van der Waals surface area contributed by atoms with Crippen molar-refractivity contribution in [3.63, 3.8) is 0 Å². The number of aryl methyl sites for hydroxylation is 1. The van der Waals surface area contributed by atoms with Crippen molar-refractivity contribution in [3.05, 3.63) is 32.6 Å². The predicted octanol–water partition coefficient (Wildman–Crippen LogP) is 4.32. The number of aromatic nitrogens is 2. The van der Waals surface area contributed by atoms with Gasteiger partial charge in [0, 0.05) is 23.1 Å². The second-order valence-corrected chi connectivity index (χ2v) is 7.52. The number of rotatable bonds is 6. The smallest absolute Gasteiger partial charge is 0.225 e. The quantitative estimate of drug-likeness (QED) is 0.810. The summed E-state index contributed by atoms with van der Waals surface area (Å²) < 4.78 is 1.13. The fourth-order valence-corrected chi connectivity index (χ4v) is 3.34. The number of aromatic amines is 1. The first kappa shape index (κ1) is 15.3. The van der Waals surface area contributed by atoms with Gasteiger partial charge in [0.2, 0.25) is 5.91 Å². The summed E-state index contributed by atoms with van der Waals surface area (Å²) >= 11 is 5.16. The minimum atomic E-state index is 0.0161. The van der Waals surface area contributed by atoms with Crippen molar-refractivity contribution >= 4 is 39.0 Å². The van der Waals surface area contributed by atoms with Gasteiger partial charge in [0.1, 0.15) is 0 Å². The van der Waals surface area contributed by atoms with Crippen molar-refractivity contribution in [2.45, 2.75) is 39.0 Å². The summed E-state index contributed by atoms with van der Waals surface area (Å²) in [6.07, 6.45) is 2.29. The van der Waals surface area contributed by atoms with E-state index in [2.05, 4.69) is 51.4 Å². The Kier molecular flexibility index (Phi) is 5.37. The van der Waals surface area contributed by atoms with Gasteiger partial charge in [-0.3, -0.25) is 9.89 Å². The summed E-state index contributed by atoms with van der Waals surface area (Å²) in [5.41, 5.74) is 1.03. The number of anilines is 1. The van der Waals surface area contributed by atoms with Crippen molar-refractivity contribution in [2.24, 2.45) is 0 Å². The van der Waals surface area contributed by atoms with Crippen LogP contribution >= 0.6 is 27.3 Å². The van der Waals surface area contributed by atoms with Gasteiger partial charge in [-0.2, -0.15) is 5.10 Å². The number of carbonyl (C=O) groups excluding carboxylic acids is 1. The highest BCUT2D eigenvalue weighted by molar-refractivity contribution is 9.11. The Morgan fingerprint density at radius 1 is 1.50 bits per heavy atom. The molecule has 0 bridgehead atoms. The molecule has 1 amide bonds. The molecule has 4 nitrogen and oxygen atoms in total. The van der Waals surface area contributed by atoms with Crippen molar-refractivity contribution in [2.75, 3.05) is 5.32 Å². The molecule has 0 radical (unpaired) electrons. The van der Waals surface area contributed by atoms with Crippen LogP contribution in [0.3, 0.4) is 0 Å². The van der Waals surface area contributed by atoms with Crippen molar-refractivity contribution in [1.29, 1.82) is 0 Å². The molecule has 108 valence electrons. The third-order valence-corrected chi connectivity index (χ3v) is 4.63. The lowest BCUT2D eigenvalue weighted by atomic mass is 10.1. The van der Waals surface area contributed by atoms with Crippen LogP contribution in [0.5, 0.6) is 0 Å². The lowest BCUT2D eigenvalue weighted by Crippen LogP contribution is -2.11. The third kappa shape index (κ3) is 4.45. The van der Waals surface area contributed by atoms with E-state index in [0.29, 0.717) is 18.2 Å². The van der Waals surface area contributed by atoms with Crippen LogP contribution in [0, 0.1) is 0 Å². The molecule has 0 saturated carbocycles. The molecule has 0 saturated heterocycles. The minimum absolute atomic E-state index is 0.0161. The molecule has 0 unspecified atom stereocenters. The van der Waals surface area contributed by atoms with E-state index in [-0.39, 0.29) is 5.91 Å². The molecule has 2 aromatic heterocycles. The normalized spacial score (nSPS) is 11.0. The Morgan fingerprint density at radius 2 is 2.30 bits per heavy atom. The fraction of sp³-hybridized carbons (Fsp3) is 0.429. The number of hydrogen-bond donors (Lipinski definition) is 2. The number of carbonyl (C=O) groups is 1. The molecule has 2 N–H and O–H groups in total. The van der Waals surface area contributed by atoms with Gasteiger partial charge in [-0.1, -0.05) is 13.8 Å². The lowest BCUT2D eigenvalue weighted by Gasteiger charge is -2.01. The average molecular weight is 356 g/mol. The van der Waals surface area contributed by atoms with Crippen LogP contribution in [0.4, 0.5) is 5.82 Å². The van der Waals surface area contributed by atoms with Crippen LogP contribution in [-0.2, 0) is 11.2 Å². The zero-order chi connectivity index (χ0) is 14.5. The maximum Gasteiger partial charge on any atom is 0.225 e. The number of nitrogens with one attached hydrogen (secondary N) is 2. The highest BCUT2D eigenvalue weighted by atomic mass is 79.9. The Bertz CT molecular complexity index is 576. The first-order chi connectivity index (χ1) is 9.54. The molecule has 6 heteroatoms. The van der Waals surface area contributed by atoms with Gasteiger partial charge >= 0.3 is 0 Å². The molecule has 0 aliphatic rings. The molecule has 0 atom stereocenters. The van der Waals surface area contributed by atoms with Gasteiger partial charge in [-0.05, 0) is 46.8 Å². The van der Waals surface area contributed by atoms with E-state index in [0.717, 1.165) is 22.3 Å². The van der Waals surface area contributed by atoms with Crippen molar-refractivity contribution < 1.29 is 4.79 Å². The van der Waals surface area contributed by atoms with E-state index in [9.17, 15) is 4.79 Å². The van der Waals surface area contributed by atoms with E-state index in [4.69, 9.17) is 0 Å². The number of nitrogens with zero attached hydrogens (tertiary/aromatic N) is 1. The van der Waals surface area contributed by atoms with Crippen molar-refractivity contribution in [3.8, 4) is 0 Å². The van der Waals surface area contributed by atoms with Crippen LogP contribution in [0.2, 0.25) is 0 Å². The second-order valence-electron chi connectivity index (χ2n) is 4.97. The van der Waals surface area contributed by atoms with Gasteiger partial charge in [0.15, 0.2) is 5.82 Å². The Labute approximate surface area is 131 Å². The zero-order valence-electron chi connectivity index (χ0n) is 11.6. The van der Waals surface area contributed by atoms with Gasteiger partial charge < -0.3 is 5.32 Å². The zero-order valence-corrected chi connectivity index (χ0v) is 14.0. The van der Waals surface area contributed by atoms with Gasteiger partial charge in [0.05, 0.1) is 3.79 Å². The van der Waals surface area contributed by atoms with E-state index in [1.54, 1.807) is 11.3 Å². The molecule has 2 rings (SSSR count).